The lowest BCUT2D eigenvalue weighted by molar-refractivity contribution is -0.118. The molecule has 3 aromatic rings. The minimum atomic E-state index is -0.603. The van der Waals surface area contributed by atoms with Crippen molar-refractivity contribution in [2.45, 2.75) is 83.0 Å². The van der Waals surface area contributed by atoms with Crippen molar-refractivity contribution < 1.29 is 28.5 Å². The smallest absolute Gasteiger partial charge is 0.454 e. The summed E-state index contributed by atoms with van der Waals surface area (Å²) in [6.45, 7) is 8.06. The molecule has 4 aliphatic rings. The number of nitrogens with one attached hydrogen (secondary N) is 1. The van der Waals surface area contributed by atoms with E-state index in [1.807, 2.05) is 48.7 Å². The third kappa shape index (κ3) is 6.69. The molecule has 0 spiro atoms. The van der Waals surface area contributed by atoms with Crippen LogP contribution in [0.1, 0.15) is 81.3 Å². The Morgan fingerprint density at radius 2 is 1.89 bits per heavy atom. The van der Waals surface area contributed by atoms with Crippen molar-refractivity contribution >= 4 is 40.1 Å². The lowest BCUT2D eigenvalue weighted by Crippen LogP contribution is -2.37. The maximum Gasteiger partial charge on any atom is 0.508 e. The van der Waals surface area contributed by atoms with Gasteiger partial charge >= 0.3 is 6.16 Å². The average Bonchev–Trinajstić information content (AvgIpc) is 3.32. The molecule has 3 fully saturated rings. The van der Waals surface area contributed by atoms with Crippen LogP contribution >= 0.6 is 22.9 Å². The number of likely N-dealkylation sites (tertiary alicyclic amines) is 1. The predicted octanol–water partition coefficient (Wildman–Crippen LogP) is 7.97. The Labute approximate surface area is 284 Å². The van der Waals surface area contributed by atoms with Gasteiger partial charge in [-0.1, -0.05) is 74.4 Å². The number of nitrogens with zero attached hydrogens (tertiary/aromatic N) is 2. The molecule has 5 atom stereocenters. The summed E-state index contributed by atoms with van der Waals surface area (Å²) in [5, 5.41) is 4.27. The highest BCUT2D eigenvalue weighted by Crippen LogP contribution is 2.51. The molecule has 1 N–H and O–H groups in total. The molecule has 1 aromatic heterocycles. The van der Waals surface area contributed by atoms with Gasteiger partial charge in [-0.25, -0.2) is 9.78 Å². The minimum Gasteiger partial charge on any atom is -0.454 e. The molecule has 2 saturated carbocycles. The van der Waals surface area contributed by atoms with Crippen LogP contribution in [0.3, 0.4) is 0 Å². The third-order valence-corrected chi connectivity index (χ3v) is 11.6. The van der Waals surface area contributed by atoms with Gasteiger partial charge in [0.05, 0.1) is 11.5 Å². The number of hydrogen-bond donors (Lipinski definition) is 1. The number of benzene rings is 2. The zero-order chi connectivity index (χ0) is 32.7. The molecular weight excluding hydrogens is 638 g/mol. The number of aromatic nitrogens is 1. The number of ether oxygens (including phenoxy) is 4. The molecule has 11 heteroatoms. The SMILES string of the molecule is CC(C)[C@H]1CC[C@H](C)C[C@@H]1OC(=O)O[C@@H]1CCN(C(c2cnc(NC(=O)C3(c4ccc5c(c4)OCO5)CC3)s2)c2ccccc2Cl)C1. The first kappa shape index (κ1) is 32.2. The number of amides is 1. The van der Waals surface area contributed by atoms with Crippen LogP contribution in [0.4, 0.5) is 9.93 Å². The highest BCUT2D eigenvalue weighted by Gasteiger charge is 2.52. The fourth-order valence-electron chi connectivity index (χ4n) is 7.50. The summed E-state index contributed by atoms with van der Waals surface area (Å²) in [6.07, 6.45) is 6.16. The van der Waals surface area contributed by atoms with Crippen LogP contribution in [-0.4, -0.2) is 54.0 Å². The van der Waals surface area contributed by atoms with E-state index in [1.54, 1.807) is 0 Å². The maximum atomic E-state index is 13.6. The Balaban J connectivity index is 1.04. The van der Waals surface area contributed by atoms with Crippen molar-refractivity contribution in [3.8, 4) is 11.5 Å². The Morgan fingerprint density at radius 1 is 1.09 bits per heavy atom. The fraction of sp³-hybridized carbons (Fsp3) is 0.528. The normalized spacial score (nSPS) is 25.4. The molecule has 0 radical (unpaired) electrons. The van der Waals surface area contributed by atoms with Crippen LogP contribution in [0.15, 0.2) is 48.7 Å². The largest absolute Gasteiger partial charge is 0.508 e. The molecule has 250 valence electrons. The van der Waals surface area contributed by atoms with Crippen LogP contribution in [0.5, 0.6) is 11.5 Å². The Morgan fingerprint density at radius 3 is 2.68 bits per heavy atom. The monoisotopic (exact) mass is 679 g/mol. The van der Waals surface area contributed by atoms with Gasteiger partial charge in [-0.05, 0) is 79.2 Å². The molecule has 1 unspecified atom stereocenters. The second-order valence-corrected chi connectivity index (χ2v) is 15.3. The summed E-state index contributed by atoms with van der Waals surface area (Å²) in [6, 6.07) is 13.3. The van der Waals surface area contributed by atoms with Crippen molar-refractivity contribution in [2.75, 3.05) is 25.2 Å². The molecule has 1 amide bonds. The molecule has 2 aromatic carbocycles. The van der Waals surface area contributed by atoms with Crippen LogP contribution in [0.2, 0.25) is 5.02 Å². The molecule has 7 rings (SSSR count). The van der Waals surface area contributed by atoms with E-state index in [0.29, 0.717) is 58.9 Å². The Kier molecular flexibility index (Phi) is 9.11. The van der Waals surface area contributed by atoms with E-state index >= 15 is 0 Å². The summed E-state index contributed by atoms with van der Waals surface area (Å²) in [7, 11) is 0. The van der Waals surface area contributed by atoms with Crippen LogP contribution < -0.4 is 14.8 Å². The molecule has 3 heterocycles. The van der Waals surface area contributed by atoms with E-state index in [4.69, 9.17) is 30.5 Å². The van der Waals surface area contributed by atoms with E-state index in [9.17, 15) is 9.59 Å². The van der Waals surface area contributed by atoms with Gasteiger partial charge in [-0.15, -0.1) is 0 Å². The quantitative estimate of drug-likeness (QED) is 0.227. The Bertz CT molecular complexity index is 1630. The highest BCUT2D eigenvalue weighted by molar-refractivity contribution is 7.15. The van der Waals surface area contributed by atoms with E-state index in [0.717, 1.165) is 41.7 Å². The van der Waals surface area contributed by atoms with Crippen molar-refractivity contribution in [2.24, 2.45) is 17.8 Å². The van der Waals surface area contributed by atoms with Crippen LogP contribution in [0, 0.1) is 17.8 Å². The van der Waals surface area contributed by atoms with Crippen molar-refractivity contribution in [3.05, 3.63) is 69.7 Å². The number of hydrogen-bond acceptors (Lipinski definition) is 9. The van der Waals surface area contributed by atoms with Gasteiger partial charge in [-0.3, -0.25) is 9.69 Å². The van der Waals surface area contributed by atoms with Crippen molar-refractivity contribution in [3.63, 3.8) is 0 Å². The average molecular weight is 680 g/mol. The number of rotatable bonds is 9. The fourth-order valence-corrected chi connectivity index (χ4v) is 8.71. The standard InChI is InChI=1S/C36H42ClN3O6S/c1-21(2)25-10-8-22(3)16-29(25)46-35(42)45-24-12-15-40(19-24)32(26-6-4-5-7-27(26)37)31-18-38-34(47-31)39-33(41)36(13-14-36)23-9-11-28-30(17-23)44-20-43-28/h4-7,9,11,17-18,21-22,24-25,29,32H,8,10,12-16,19-20H2,1-3H3,(H,38,39,41)/t22-,24+,25+,29-,32?/m0/s1. The topological polar surface area (TPSA) is 99.2 Å². The number of carbonyl (C=O) groups excluding carboxylic acids is 2. The predicted molar refractivity (Wildman–Crippen MR) is 180 cm³/mol. The summed E-state index contributed by atoms with van der Waals surface area (Å²) >= 11 is 8.20. The van der Waals surface area contributed by atoms with E-state index in [-0.39, 0.29) is 30.9 Å². The van der Waals surface area contributed by atoms with Gasteiger partial charge in [0.2, 0.25) is 12.7 Å². The third-order valence-electron chi connectivity index (χ3n) is 10.3. The number of thiazole rings is 1. The van der Waals surface area contributed by atoms with E-state index < -0.39 is 11.6 Å². The number of halogens is 1. The van der Waals surface area contributed by atoms with Crippen molar-refractivity contribution in [1.82, 2.24) is 9.88 Å². The second-order valence-electron chi connectivity index (χ2n) is 13.9. The molecule has 47 heavy (non-hydrogen) atoms. The summed E-state index contributed by atoms with van der Waals surface area (Å²) in [5.41, 5.74) is 1.26. The molecule has 2 aliphatic heterocycles. The zero-order valence-corrected chi connectivity index (χ0v) is 28.6. The molecule has 9 nitrogen and oxygen atoms in total. The zero-order valence-electron chi connectivity index (χ0n) is 27.1. The van der Waals surface area contributed by atoms with E-state index in [2.05, 4.69) is 36.0 Å². The van der Waals surface area contributed by atoms with Gasteiger partial charge < -0.3 is 24.3 Å². The number of fused-ring (bicyclic) bond motifs is 1. The van der Waals surface area contributed by atoms with Gasteiger partial charge in [0.25, 0.3) is 0 Å². The summed E-state index contributed by atoms with van der Waals surface area (Å²) in [4.78, 5) is 34.5. The summed E-state index contributed by atoms with van der Waals surface area (Å²) in [5.74, 6) is 2.64. The van der Waals surface area contributed by atoms with E-state index in [1.165, 1.54) is 17.8 Å². The lowest BCUT2D eigenvalue weighted by Gasteiger charge is -2.36. The Hall–Kier alpha value is -3.34. The second kappa shape index (κ2) is 13.3. The van der Waals surface area contributed by atoms with Crippen LogP contribution in [0.25, 0.3) is 0 Å². The molecule has 2 aliphatic carbocycles. The maximum absolute atomic E-state index is 13.6. The minimum absolute atomic E-state index is 0.0771. The molecular formula is C36H42ClN3O6S. The van der Waals surface area contributed by atoms with Crippen LogP contribution in [-0.2, 0) is 19.7 Å². The van der Waals surface area contributed by atoms with Gasteiger partial charge in [-0.2, -0.15) is 0 Å². The highest BCUT2D eigenvalue weighted by atomic mass is 35.5. The first-order chi connectivity index (χ1) is 22.7. The first-order valence-corrected chi connectivity index (χ1v) is 17.9. The number of anilines is 1. The summed E-state index contributed by atoms with van der Waals surface area (Å²) < 4.78 is 22.9. The molecule has 0 bridgehead atoms. The van der Waals surface area contributed by atoms with Gasteiger partial charge in [0.1, 0.15) is 12.2 Å². The van der Waals surface area contributed by atoms with Gasteiger partial charge in [0, 0.05) is 29.2 Å². The first-order valence-electron chi connectivity index (χ1n) is 16.7. The van der Waals surface area contributed by atoms with Gasteiger partial charge in [0.15, 0.2) is 16.6 Å². The number of carbonyl (C=O) groups is 2. The van der Waals surface area contributed by atoms with Crippen molar-refractivity contribution in [1.29, 1.82) is 0 Å². The molecule has 1 saturated heterocycles. The lowest BCUT2D eigenvalue weighted by atomic mass is 9.75.